The van der Waals surface area contributed by atoms with Crippen molar-refractivity contribution in [3.8, 4) is 11.5 Å². The summed E-state index contributed by atoms with van der Waals surface area (Å²) in [6, 6.07) is 9.41. The van der Waals surface area contributed by atoms with E-state index in [1.54, 1.807) is 25.5 Å². The number of H-pyrrole nitrogens is 1. The number of nitrogens with zero attached hydrogens (tertiary/aromatic N) is 2. The standard InChI is InChI=1S/C25H26FN5O3/c1-3-17-12-19(26)10-15(2)22(17)31-21(24(32)33)11-16-4-6-18(7-5-16)23-29-13-20(34-23)14-30-25-27-8-9-28-25/h4-10,12-13,21,31H,3,11,14H2,1-2H3,(H,32,33)(H2,27,28,30). The first kappa shape index (κ1) is 23.0. The number of anilines is 2. The first-order valence-corrected chi connectivity index (χ1v) is 11.0. The van der Waals surface area contributed by atoms with Crippen LogP contribution in [0.5, 0.6) is 0 Å². The van der Waals surface area contributed by atoms with Crippen LogP contribution in [0.15, 0.2) is 59.4 Å². The van der Waals surface area contributed by atoms with Gasteiger partial charge in [0.05, 0.1) is 12.7 Å². The van der Waals surface area contributed by atoms with Gasteiger partial charge in [-0.25, -0.2) is 19.2 Å². The highest BCUT2D eigenvalue weighted by molar-refractivity contribution is 5.79. The quantitative estimate of drug-likeness (QED) is 0.267. The van der Waals surface area contributed by atoms with Crippen molar-refractivity contribution in [3.05, 3.63) is 83.3 Å². The molecule has 0 saturated heterocycles. The third kappa shape index (κ3) is 5.43. The van der Waals surface area contributed by atoms with Crippen molar-refractivity contribution < 1.29 is 18.7 Å². The minimum atomic E-state index is -0.976. The monoisotopic (exact) mass is 463 g/mol. The molecule has 176 valence electrons. The summed E-state index contributed by atoms with van der Waals surface area (Å²) in [5.74, 6) is 0.480. The van der Waals surface area contributed by atoms with E-state index in [9.17, 15) is 14.3 Å². The van der Waals surface area contributed by atoms with Gasteiger partial charge in [-0.2, -0.15) is 0 Å². The van der Waals surface area contributed by atoms with Crippen molar-refractivity contribution in [3.63, 3.8) is 0 Å². The molecule has 0 saturated carbocycles. The summed E-state index contributed by atoms with van der Waals surface area (Å²) in [5.41, 5.74) is 3.73. The minimum Gasteiger partial charge on any atom is -0.480 e. The summed E-state index contributed by atoms with van der Waals surface area (Å²) in [5, 5.41) is 16.0. The zero-order valence-electron chi connectivity index (χ0n) is 18.9. The van der Waals surface area contributed by atoms with Crippen LogP contribution >= 0.6 is 0 Å². The topological polar surface area (TPSA) is 116 Å². The number of hydrogen-bond donors (Lipinski definition) is 4. The lowest BCUT2D eigenvalue weighted by Gasteiger charge is -2.20. The Balaban J connectivity index is 1.43. The van der Waals surface area contributed by atoms with Gasteiger partial charge in [-0.05, 0) is 54.3 Å². The van der Waals surface area contributed by atoms with Crippen molar-refractivity contribution in [1.29, 1.82) is 0 Å². The van der Waals surface area contributed by atoms with Gasteiger partial charge < -0.3 is 25.1 Å². The molecule has 4 aromatic rings. The third-order valence-electron chi connectivity index (χ3n) is 5.50. The number of benzene rings is 2. The average Bonchev–Trinajstić information content (AvgIpc) is 3.51. The van der Waals surface area contributed by atoms with Crippen molar-refractivity contribution in [2.24, 2.45) is 0 Å². The normalized spacial score (nSPS) is 11.9. The summed E-state index contributed by atoms with van der Waals surface area (Å²) in [6.07, 6.45) is 5.89. The van der Waals surface area contributed by atoms with E-state index in [2.05, 4.69) is 25.6 Å². The first-order valence-electron chi connectivity index (χ1n) is 11.0. The Morgan fingerprint density at radius 3 is 2.71 bits per heavy atom. The van der Waals surface area contributed by atoms with Crippen LogP contribution in [-0.4, -0.2) is 32.1 Å². The smallest absolute Gasteiger partial charge is 0.326 e. The molecule has 0 radical (unpaired) electrons. The van der Waals surface area contributed by atoms with Crippen molar-refractivity contribution in [2.45, 2.75) is 39.3 Å². The number of nitrogens with one attached hydrogen (secondary N) is 3. The molecule has 0 aliphatic rings. The van der Waals surface area contributed by atoms with Gasteiger partial charge in [0.25, 0.3) is 0 Å². The maximum absolute atomic E-state index is 13.8. The van der Waals surface area contributed by atoms with E-state index in [1.807, 2.05) is 31.2 Å². The Kier molecular flexibility index (Phi) is 6.91. The first-order chi connectivity index (χ1) is 16.4. The molecule has 0 aliphatic heterocycles. The van der Waals surface area contributed by atoms with Crippen molar-refractivity contribution in [2.75, 3.05) is 10.6 Å². The molecular formula is C25H26FN5O3. The number of oxazole rings is 1. The molecule has 8 nitrogen and oxygen atoms in total. The molecule has 0 amide bonds. The number of carboxylic acid groups (broad SMARTS) is 1. The predicted molar refractivity (Wildman–Crippen MR) is 127 cm³/mol. The Bertz CT molecular complexity index is 1250. The van der Waals surface area contributed by atoms with Crippen LogP contribution in [0.4, 0.5) is 16.0 Å². The molecular weight excluding hydrogens is 437 g/mol. The molecule has 0 fully saturated rings. The van der Waals surface area contributed by atoms with Crippen LogP contribution in [-0.2, 0) is 24.2 Å². The molecule has 0 spiro atoms. The van der Waals surface area contributed by atoms with Gasteiger partial charge in [0.2, 0.25) is 5.89 Å². The molecule has 0 aliphatic carbocycles. The number of halogens is 1. The van der Waals surface area contributed by atoms with E-state index in [1.165, 1.54) is 12.1 Å². The van der Waals surface area contributed by atoms with Gasteiger partial charge in [-0.3, -0.25) is 0 Å². The fraction of sp³-hybridized carbons (Fsp3) is 0.240. The van der Waals surface area contributed by atoms with E-state index in [-0.39, 0.29) is 12.2 Å². The second-order valence-corrected chi connectivity index (χ2v) is 7.97. The SMILES string of the molecule is CCc1cc(F)cc(C)c1NC(Cc1ccc(-c2ncc(CNc3ncc[nH]3)o2)cc1)C(=O)O. The molecule has 0 bridgehead atoms. The number of aryl methyl sites for hydroxylation is 2. The van der Waals surface area contributed by atoms with E-state index in [4.69, 9.17) is 4.42 Å². The van der Waals surface area contributed by atoms with Crippen LogP contribution in [0.25, 0.3) is 11.5 Å². The number of hydrogen-bond acceptors (Lipinski definition) is 6. The van der Waals surface area contributed by atoms with Crippen LogP contribution in [0.2, 0.25) is 0 Å². The van der Waals surface area contributed by atoms with Crippen molar-refractivity contribution >= 4 is 17.6 Å². The molecule has 2 aromatic carbocycles. The Labute approximate surface area is 196 Å². The van der Waals surface area contributed by atoms with Gasteiger partial charge in [-0.1, -0.05) is 19.1 Å². The predicted octanol–water partition coefficient (Wildman–Crippen LogP) is 4.79. The Morgan fingerprint density at radius 2 is 2.03 bits per heavy atom. The van der Waals surface area contributed by atoms with Crippen LogP contribution in [0.3, 0.4) is 0 Å². The lowest BCUT2D eigenvalue weighted by Crippen LogP contribution is -2.32. The van der Waals surface area contributed by atoms with E-state index in [0.717, 1.165) is 16.7 Å². The van der Waals surface area contributed by atoms with Gasteiger partial charge in [0, 0.05) is 30.1 Å². The van der Waals surface area contributed by atoms with Crippen molar-refractivity contribution in [1.82, 2.24) is 15.0 Å². The van der Waals surface area contributed by atoms with E-state index < -0.39 is 12.0 Å². The Morgan fingerprint density at radius 1 is 1.24 bits per heavy atom. The summed E-state index contributed by atoms with van der Waals surface area (Å²) in [4.78, 5) is 23.3. The lowest BCUT2D eigenvalue weighted by atomic mass is 10.0. The molecule has 1 unspecified atom stereocenters. The van der Waals surface area contributed by atoms with Gasteiger partial charge >= 0.3 is 5.97 Å². The van der Waals surface area contributed by atoms with Gasteiger partial charge in [-0.15, -0.1) is 0 Å². The molecule has 1 atom stereocenters. The lowest BCUT2D eigenvalue weighted by molar-refractivity contribution is -0.137. The van der Waals surface area contributed by atoms with Crippen LogP contribution in [0, 0.1) is 12.7 Å². The highest BCUT2D eigenvalue weighted by Crippen LogP contribution is 2.25. The number of aromatic amines is 1. The highest BCUT2D eigenvalue weighted by atomic mass is 19.1. The molecule has 9 heteroatoms. The summed E-state index contributed by atoms with van der Waals surface area (Å²) >= 11 is 0. The number of carboxylic acids is 1. The molecule has 2 heterocycles. The zero-order valence-corrected chi connectivity index (χ0v) is 18.9. The zero-order chi connectivity index (χ0) is 24.1. The molecule has 2 aromatic heterocycles. The number of carbonyl (C=O) groups is 1. The summed E-state index contributed by atoms with van der Waals surface area (Å²) < 4.78 is 19.6. The van der Waals surface area contributed by atoms with Gasteiger partial charge in [0.1, 0.15) is 17.6 Å². The second-order valence-electron chi connectivity index (χ2n) is 7.97. The fourth-order valence-corrected chi connectivity index (χ4v) is 3.75. The van der Waals surface area contributed by atoms with E-state index >= 15 is 0 Å². The minimum absolute atomic E-state index is 0.263. The highest BCUT2D eigenvalue weighted by Gasteiger charge is 2.20. The Hall–Kier alpha value is -4.14. The van der Waals surface area contributed by atoms with Crippen LogP contribution < -0.4 is 10.6 Å². The number of aromatic nitrogens is 3. The fourth-order valence-electron chi connectivity index (χ4n) is 3.75. The largest absolute Gasteiger partial charge is 0.480 e. The molecule has 4 rings (SSSR count). The number of imidazole rings is 1. The van der Waals surface area contributed by atoms with Crippen LogP contribution in [0.1, 0.15) is 29.4 Å². The summed E-state index contributed by atoms with van der Waals surface area (Å²) in [6.45, 7) is 4.12. The van der Waals surface area contributed by atoms with E-state index in [0.29, 0.717) is 41.8 Å². The second kappa shape index (κ2) is 10.2. The maximum Gasteiger partial charge on any atom is 0.326 e. The maximum atomic E-state index is 13.8. The number of aliphatic carboxylic acids is 1. The molecule has 4 N–H and O–H groups in total. The third-order valence-corrected chi connectivity index (χ3v) is 5.50. The molecule has 34 heavy (non-hydrogen) atoms. The number of rotatable bonds is 10. The van der Waals surface area contributed by atoms with Gasteiger partial charge in [0.15, 0.2) is 5.95 Å². The summed E-state index contributed by atoms with van der Waals surface area (Å²) in [7, 11) is 0. The average molecular weight is 464 g/mol.